The van der Waals surface area contributed by atoms with Gasteiger partial charge in [0.2, 0.25) is 0 Å². The molecule has 21 heavy (non-hydrogen) atoms. The Morgan fingerprint density at radius 3 is 2.62 bits per heavy atom. The summed E-state index contributed by atoms with van der Waals surface area (Å²) in [5.74, 6) is 0. The number of alkyl carbamates (subject to hydrolysis) is 1. The van der Waals surface area contributed by atoms with E-state index in [0.717, 1.165) is 5.56 Å². The molecular formula is C13H19N3O4S. The highest BCUT2D eigenvalue weighted by atomic mass is 32.2. The van der Waals surface area contributed by atoms with E-state index in [-0.39, 0.29) is 19.7 Å². The van der Waals surface area contributed by atoms with Gasteiger partial charge in [0, 0.05) is 33.2 Å². The highest BCUT2D eigenvalue weighted by Gasteiger charge is 2.33. The van der Waals surface area contributed by atoms with E-state index >= 15 is 0 Å². The highest BCUT2D eigenvalue weighted by Crippen LogP contribution is 2.12. The van der Waals surface area contributed by atoms with Gasteiger partial charge in [-0.3, -0.25) is 0 Å². The number of hydrogen-bond acceptors (Lipinski definition) is 4. The summed E-state index contributed by atoms with van der Waals surface area (Å²) < 4.78 is 31.2. The summed E-state index contributed by atoms with van der Waals surface area (Å²) in [4.78, 5) is 11.5. The van der Waals surface area contributed by atoms with Crippen molar-refractivity contribution in [1.82, 2.24) is 13.9 Å². The van der Waals surface area contributed by atoms with Gasteiger partial charge < -0.3 is 10.1 Å². The van der Waals surface area contributed by atoms with Crippen molar-refractivity contribution in [2.45, 2.75) is 6.61 Å². The molecule has 0 unspecified atom stereocenters. The molecule has 7 nitrogen and oxygen atoms in total. The average molecular weight is 313 g/mol. The predicted octanol–water partition coefficient (Wildman–Crippen LogP) is 0.405. The number of benzene rings is 1. The molecule has 0 saturated carbocycles. The van der Waals surface area contributed by atoms with E-state index in [2.05, 4.69) is 5.32 Å². The first kappa shape index (κ1) is 15.7. The fourth-order valence-corrected chi connectivity index (χ4v) is 3.31. The van der Waals surface area contributed by atoms with Gasteiger partial charge in [0.25, 0.3) is 10.2 Å². The van der Waals surface area contributed by atoms with Gasteiger partial charge in [0.05, 0.1) is 0 Å². The molecular weight excluding hydrogens is 294 g/mol. The molecule has 1 aliphatic heterocycles. The maximum atomic E-state index is 11.8. The zero-order chi connectivity index (χ0) is 15.3. The topological polar surface area (TPSA) is 79.0 Å². The lowest BCUT2D eigenvalue weighted by Gasteiger charge is -2.15. The van der Waals surface area contributed by atoms with E-state index in [1.165, 1.54) is 15.7 Å². The van der Waals surface area contributed by atoms with E-state index in [1.807, 2.05) is 30.3 Å². The van der Waals surface area contributed by atoms with Crippen LogP contribution in [0.1, 0.15) is 5.56 Å². The Morgan fingerprint density at radius 2 is 2.00 bits per heavy atom. The van der Waals surface area contributed by atoms with Gasteiger partial charge in [-0.25, -0.2) is 4.79 Å². The summed E-state index contributed by atoms with van der Waals surface area (Å²) in [5.41, 5.74) is 0.899. The zero-order valence-corrected chi connectivity index (χ0v) is 12.7. The van der Waals surface area contributed by atoms with Crippen molar-refractivity contribution in [3.8, 4) is 0 Å². The van der Waals surface area contributed by atoms with Crippen LogP contribution in [0.3, 0.4) is 0 Å². The number of nitrogens with zero attached hydrogens (tertiary/aromatic N) is 2. The molecule has 1 amide bonds. The zero-order valence-electron chi connectivity index (χ0n) is 11.9. The Bertz CT molecular complexity index is 576. The largest absolute Gasteiger partial charge is 0.445 e. The quantitative estimate of drug-likeness (QED) is 0.854. The minimum atomic E-state index is -3.34. The van der Waals surface area contributed by atoms with Crippen molar-refractivity contribution in [2.75, 3.05) is 33.2 Å². The first-order valence-corrected chi connectivity index (χ1v) is 8.06. The molecule has 116 valence electrons. The van der Waals surface area contributed by atoms with E-state index in [0.29, 0.717) is 13.1 Å². The van der Waals surface area contributed by atoms with Crippen LogP contribution in [0.25, 0.3) is 0 Å². The molecule has 8 heteroatoms. The fourth-order valence-electron chi connectivity index (χ4n) is 1.96. The van der Waals surface area contributed by atoms with Crippen LogP contribution in [-0.4, -0.2) is 56.3 Å². The van der Waals surface area contributed by atoms with Crippen LogP contribution in [0.2, 0.25) is 0 Å². The molecule has 0 aromatic heterocycles. The lowest BCUT2D eigenvalue weighted by molar-refractivity contribution is 0.139. The first-order chi connectivity index (χ1) is 10.00. The van der Waals surface area contributed by atoms with Gasteiger partial charge in [-0.1, -0.05) is 30.3 Å². The summed E-state index contributed by atoms with van der Waals surface area (Å²) >= 11 is 0. The third-order valence-corrected chi connectivity index (χ3v) is 5.22. The van der Waals surface area contributed by atoms with Gasteiger partial charge in [-0.2, -0.15) is 17.0 Å². The molecule has 2 rings (SSSR count). The molecule has 1 heterocycles. The number of carbonyl (C=O) groups is 1. The van der Waals surface area contributed by atoms with Crippen LogP contribution >= 0.6 is 0 Å². The van der Waals surface area contributed by atoms with Crippen molar-refractivity contribution in [3.63, 3.8) is 0 Å². The minimum absolute atomic E-state index is 0.192. The summed E-state index contributed by atoms with van der Waals surface area (Å²) in [7, 11) is -1.81. The lowest BCUT2D eigenvalue weighted by Crippen LogP contribution is -2.37. The standard InChI is InChI=1S/C13H19N3O4S/c1-15-9-10-16(21(15,18)19)8-7-14-13(17)20-11-12-5-3-2-4-6-12/h2-6H,7-11H2,1H3,(H,14,17). The average Bonchev–Trinajstić information content (AvgIpc) is 2.73. The Hall–Kier alpha value is -1.64. The predicted molar refractivity (Wildman–Crippen MR) is 77.8 cm³/mol. The Labute approximate surface area is 124 Å². The fraction of sp³-hybridized carbons (Fsp3) is 0.462. The van der Waals surface area contributed by atoms with E-state index < -0.39 is 16.3 Å². The van der Waals surface area contributed by atoms with Crippen LogP contribution in [-0.2, 0) is 21.6 Å². The highest BCUT2D eigenvalue weighted by molar-refractivity contribution is 7.87. The van der Waals surface area contributed by atoms with E-state index in [1.54, 1.807) is 0 Å². The maximum absolute atomic E-state index is 11.8. The van der Waals surface area contributed by atoms with Gasteiger partial charge in [-0.15, -0.1) is 0 Å². The SMILES string of the molecule is CN1CCN(CCNC(=O)OCc2ccccc2)S1(=O)=O. The Morgan fingerprint density at radius 1 is 1.29 bits per heavy atom. The smallest absolute Gasteiger partial charge is 0.407 e. The van der Waals surface area contributed by atoms with Crippen LogP contribution in [0.15, 0.2) is 30.3 Å². The van der Waals surface area contributed by atoms with Gasteiger partial charge in [0.1, 0.15) is 6.61 Å². The molecule has 1 aromatic carbocycles. The van der Waals surface area contributed by atoms with Crippen LogP contribution < -0.4 is 5.32 Å². The minimum Gasteiger partial charge on any atom is -0.445 e. The van der Waals surface area contributed by atoms with Gasteiger partial charge in [-0.05, 0) is 5.56 Å². The molecule has 0 bridgehead atoms. The second-order valence-electron chi connectivity index (χ2n) is 4.72. The monoisotopic (exact) mass is 313 g/mol. The van der Waals surface area contributed by atoms with Gasteiger partial charge >= 0.3 is 6.09 Å². The Balaban J connectivity index is 1.68. The van der Waals surface area contributed by atoms with E-state index in [4.69, 9.17) is 4.74 Å². The Kier molecular flexibility index (Phi) is 5.16. The first-order valence-electron chi connectivity index (χ1n) is 6.66. The van der Waals surface area contributed by atoms with Crippen LogP contribution in [0, 0.1) is 0 Å². The summed E-state index contributed by atoms with van der Waals surface area (Å²) in [6, 6.07) is 9.34. The summed E-state index contributed by atoms with van der Waals surface area (Å²) in [6.45, 7) is 1.57. The van der Waals surface area contributed by atoms with Crippen molar-refractivity contribution in [3.05, 3.63) is 35.9 Å². The third-order valence-electron chi connectivity index (χ3n) is 3.23. The number of carbonyl (C=O) groups excluding carboxylic acids is 1. The number of nitrogens with one attached hydrogen (secondary N) is 1. The number of rotatable bonds is 5. The van der Waals surface area contributed by atoms with Gasteiger partial charge in [0.15, 0.2) is 0 Å². The van der Waals surface area contributed by atoms with E-state index in [9.17, 15) is 13.2 Å². The van der Waals surface area contributed by atoms with Crippen molar-refractivity contribution in [1.29, 1.82) is 0 Å². The maximum Gasteiger partial charge on any atom is 0.407 e. The molecule has 1 N–H and O–H groups in total. The normalized spacial score (nSPS) is 18.5. The molecule has 0 spiro atoms. The third kappa shape index (κ3) is 4.16. The molecule has 1 fully saturated rings. The number of ether oxygens (including phenoxy) is 1. The van der Waals surface area contributed by atoms with Crippen LogP contribution in [0.5, 0.6) is 0 Å². The molecule has 0 atom stereocenters. The summed E-state index contributed by atoms with van der Waals surface area (Å²) in [6.07, 6.45) is -0.552. The lowest BCUT2D eigenvalue weighted by atomic mass is 10.2. The van der Waals surface area contributed by atoms with Crippen LogP contribution in [0.4, 0.5) is 4.79 Å². The molecule has 0 radical (unpaired) electrons. The second-order valence-corrected chi connectivity index (χ2v) is 6.75. The van der Waals surface area contributed by atoms with Crippen molar-refractivity contribution >= 4 is 16.3 Å². The van der Waals surface area contributed by atoms with Crippen molar-refractivity contribution in [2.24, 2.45) is 0 Å². The number of hydrogen-bond donors (Lipinski definition) is 1. The molecule has 1 aromatic rings. The summed E-state index contributed by atoms with van der Waals surface area (Å²) in [5, 5.41) is 2.55. The number of likely N-dealkylation sites (N-methyl/N-ethyl adjacent to an activating group) is 1. The molecule has 0 aliphatic carbocycles. The molecule has 1 saturated heterocycles. The molecule has 1 aliphatic rings. The van der Waals surface area contributed by atoms with Crippen molar-refractivity contribution < 1.29 is 17.9 Å². The second kappa shape index (κ2) is 6.88. The number of amides is 1.